The van der Waals surface area contributed by atoms with Crippen molar-refractivity contribution in [2.45, 2.75) is 32.2 Å². The van der Waals surface area contributed by atoms with E-state index in [0.717, 1.165) is 35.0 Å². The highest BCUT2D eigenvalue weighted by Gasteiger charge is 2.33. The molecule has 1 aromatic carbocycles. The van der Waals surface area contributed by atoms with Gasteiger partial charge in [0.2, 0.25) is 11.8 Å². The molecule has 0 bridgehead atoms. The summed E-state index contributed by atoms with van der Waals surface area (Å²) < 4.78 is 7.97. The second-order valence-corrected chi connectivity index (χ2v) is 7.80. The molecule has 2 N–H and O–H groups in total. The maximum Gasteiger partial charge on any atom is 0.251 e. The summed E-state index contributed by atoms with van der Waals surface area (Å²) in [6, 6.07) is 8.10. The molecule has 1 atom stereocenters. The summed E-state index contributed by atoms with van der Waals surface area (Å²) in [5.74, 6) is 1.73. The van der Waals surface area contributed by atoms with Crippen molar-refractivity contribution in [3.05, 3.63) is 36.2 Å². The van der Waals surface area contributed by atoms with Crippen molar-refractivity contribution >= 4 is 34.0 Å². The van der Waals surface area contributed by atoms with Crippen LogP contribution in [0.3, 0.4) is 0 Å². The molecular weight excluding hydrogens is 380 g/mol. The summed E-state index contributed by atoms with van der Waals surface area (Å²) in [6.45, 7) is 1.87. The van der Waals surface area contributed by atoms with Crippen LogP contribution in [0.15, 0.2) is 35.0 Å². The molecule has 1 fully saturated rings. The number of fused-ring (bicyclic) bond motifs is 3. The fourth-order valence-electron chi connectivity index (χ4n) is 3.92. The molecule has 0 aliphatic heterocycles. The number of aryl methyl sites for hydroxylation is 1. The first-order valence-corrected chi connectivity index (χ1v) is 10.3. The number of rotatable bonds is 6. The largest absolute Gasteiger partial charge is 0.418 e. The summed E-state index contributed by atoms with van der Waals surface area (Å²) in [6.07, 6.45) is 4.50. The van der Waals surface area contributed by atoms with Gasteiger partial charge in [-0.15, -0.1) is 0 Å². The maximum atomic E-state index is 12.0. The van der Waals surface area contributed by atoms with E-state index in [4.69, 9.17) is 9.40 Å². The zero-order valence-corrected chi connectivity index (χ0v) is 17.3. The quantitative estimate of drug-likeness (QED) is 0.507. The van der Waals surface area contributed by atoms with E-state index in [9.17, 15) is 4.79 Å². The lowest BCUT2D eigenvalue weighted by molar-refractivity contribution is -0.121. The van der Waals surface area contributed by atoms with Gasteiger partial charge in [-0.2, -0.15) is 4.98 Å². The first-order valence-electron chi connectivity index (χ1n) is 10.3. The highest BCUT2D eigenvalue weighted by molar-refractivity contribution is 6.03. The van der Waals surface area contributed by atoms with Gasteiger partial charge < -0.3 is 19.6 Å². The van der Waals surface area contributed by atoms with E-state index in [1.165, 1.54) is 0 Å². The molecule has 30 heavy (non-hydrogen) atoms. The topological polar surface area (TPSA) is 97.9 Å². The Labute approximate surface area is 173 Å². The first kappa shape index (κ1) is 18.6. The number of anilines is 1. The molecule has 3 aromatic heterocycles. The minimum Gasteiger partial charge on any atom is -0.418 e. The van der Waals surface area contributed by atoms with Crippen LogP contribution in [-0.4, -0.2) is 32.5 Å². The molecule has 8 heteroatoms. The third-order valence-corrected chi connectivity index (χ3v) is 5.67. The molecule has 1 saturated carbocycles. The van der Waals surface area contributed by atoms with Gasteiger partial charge in [-0.05, 0) is 36.5 Å². The van der Waals surface area contributed by atoms with E-state index in [0.29, 0.717) is 35.3 Å². The number of hydrogen-bond acceptors (Lipinski definition) is 6. The lowest BCUT2D eigenvalue weighted by atomic mass is 10.00. The molecule has 4 aromatic rings. The standard InChI is InChI=1S/C22H24N6O2/c1-4-15(29)25-16(12-8-9-12)13-6-5-7-14(10-13)21-26-18-19-17(24-11-28(19)3)20(23-2)27-22(18)30-21/h5-7,10-12,16H,4,8-9H2,1-3H3,(H,23,27)(H,25,29). The van der Waals surface area contributed by atoms with Crippen LogP contribution in [-0.2, 0) is 11.8 Å². The van der Waals surface area contributed by atoms with Crippen LogP contribution in [0, 0.1) is 5.92 Å². The van der Waals surface area contributed by atoms with Gasteiger partial charge in [0, 0.05) is 26.1 Å². The Bertz CT molecular complexity index is 1250. The normalized spacial score (nSPS) is 14.9. The Morgan fingerprint density at radius 3 is 2.87 bits per heavy atom. The molecule has 1 aliphatic rings. The summed E-state index contributed by atoms with van der Waals surface area (Å²) in [5, 5.41) is 6.25. The number of nitrogens with one attached hydrogen (secondary N) is 2. The molecule has 154 valence electrons. The average Bonchev–Trinajstić information content (AvgIpc) is 3.40. The van der Waals surface area contributed by atoms with Gasteiger partial charge in [0.05, 0.1) is 12.4 Å². The zero-order chi connectivity index (χ0) is 20.8. The van der Waals surface area contributed by atoms with E-state index < -0.39 is 0 Å². The number of hydrogen-bond donors (Lipinski definition) is 2. The molecule has 3 heterocycles. The van der Waals surface area contributed by atoms with E-state index in [1.807, 2.05) is 37.7 Å². The van der Waals surface area contributed by atoms with E-state index in [2.05, 4.69) is 32.7 Å². The Kier molecular flexibility index (Phi) is 4.42. The van der Waals surface area contributed by atoms with E-state index in [1.54, 1.807) is 6.33 Å². The molecule has 5 rings (SSSR count). The number of carbonyl (C=O) groups excluding carboxylic acids is 1. The highest BCUT2D eigenvalue weighted by Crippen LogP contribution is 2.42. The van der Waals surface area contributed by atoms with Crippen molar-refractivity contribution in [1.29, 1.82) is 0 Å². The van der Waals surface area contributed by atoms with E-state index in [-0.39, 0.29) is 11.9 Å². The predicted octanol–water partition coefficient (Wildman–Crippen LogP) is 3.80. The lowest BCUT2D eigenvalue weighted by Gasteiger charge is -2.19. The number of aromatic nitrogens is 4. The third-order valence-electron chi connectivity index (χ3n) is 5.67. The van der Waals surface area contributed by atoms with Crippen molar-refractivity contribution in [2.75, 3.05) is 12.4 Å². The van der Waals surface area contributed by atoms with Gasteiger partial charge in [0.1, 0.15) is 11.0 Å². The van der Waals surface area contributed by atoms with Crippen LogP contribution in [0.25, 0.3) is 33.7 Å². The molecule has 1 aliphatic carbocycles. The van der Waals surface area contributed by atoms with Gasteiger partial charge in [-0.3, -0.25) is 4.79 Å². The van der Waals surface area contributed by atoms with Crippen LogP contribution in [0.4, 0.5) is 5.82 Å². The Balaban J connectivity index is 1.59. The van der Waals surface area contributed by atoms with E-state index >= 15 is 0 Å². The van der Waals surface area contributed by atoms with Crippen molar-refractivity contribution < 1.29 is 9.21 Å². The number of nitrogens with zero attached hydrogens (tertiary/aromatic N) is 4. The van der Waals surface area contributed by atoms with Crippen LogP contribution in [0.5, 0.6) is 0 Å². The highest BCUT2D eigenvalue weighted by atomic mass is 16.4. The average molecular weight is 404 g/mol. The van der Waals surface area contributed by atoms with Gasteiger partial charge in [0.15, 0.2) is 11.3 Å². The molecule has 0 spiro atoms. The number of pyridine rings is 1. The SMILES string of the molecule is CCC(=O)NC(c1cccc(-c2nc3c(nc(NC)c4ncn(C)c43)o2)c1)C1CC1. The summed E-state index contributed by atoms with van der Waals surface area (Å²) in [5.41, 5.74) is 4.73. The Morgan fingerprint density at radius 1 is 1.30 bits per heavy atom. The van der Waals surface area contributed by atoms with Crippen molar-refractivity contribution in [3.8, 4) is 11.5 Å². The van der Waals surface area contributed by atoms with Crippen LogP contribution >= 0.6 is 0 Å². The van der Waals surface area contributed by atoms with Crippen molar-refractivity contribution in [2.24, 2.45) is 13.0 Å². The number of benzene rings is 1. The third kappa shape index (κ3) is 3.08. The van der Waals surface area contributed by atoms with Gasteiger partial charge in [-0.1, -0.05) is 19.1 Å². The summed E-state index contributed by atoms with van der Waals surface area (Å²) >= 11 is 0. The van der Waals surface area contributed by atoms with Crippen LogP contribution in [0.1, 0.15) is 37.8 Å². The van der Waals surface area contributed by atoms with Crippen LogP contribution < -0.4 is 10.6 Å². The fourth-order valence-corrected chi connectivity index (χ4v) is 3.92. The minimum absolute atomic E-state index is 0.0274. The molecule has 0 saturated heterocycles. The minimum atomic E-state index is 0.0274. The van der Waals surface area contributed by atoms with Crippen molar-refractivity contribution in [1.82, 2.24) is 24.8 Å². The van der Waals surface area contributed by atoms with Gasteiger partial charge in [-0.25, -0.2) is 9.97 Å². The molecule has 1 amide bonds. The van der Waals surface area contributed by atoms with Crippen LogP contribution in [0.2, 0.25) is 0 Å². The van der Waals surface area contributed by atoms with Gasteiger partial charge in [0.25, 0.3) is 5.71 Å². The summed E-state index contributed by atoms with van der Waals surface area (Å²) in [4.78, 5) is 25.8. The smallest absolute Gasteiger partial charge is 0.251 e. The monoisotopic (exact) mass is 404 g/mol. The second kappa shape index (κ2) is 7.12. The number of oxazole rings is 1. The molecule has 1 unspecified atom stereocenters. The fraction of sp³-hybridized carbons (Fsp3) is 0.364. The van der Waals surface area contributed by atoms with Crippen molar-refractivity contribution in [3.63, 3.8) is 0 Å². The zero-order valence-electron chi connectivity index (χ0n) is 17.3. The summed E-state index contributed by atoms with van der Waals surface area (Å²) in [7, 11) is 3.74. The maximum absolute atomic E-state index is 12.0. The van der Waals surface area contributed by atoms with Gasteiger partial charge >= 0.3 is 0 Å². The number of imidazole rings is 1. The second-order valence-electron chi connectivity index (χ2n) is 7.80. The molecular formula is C22H24N6O2. The Morgan fingerprint density at radius 2 is 2.13 bits per heavy atom. The number of carbonyl (C=O) groups is 1. The predicted molar refractivity (Wildman–Crippen MR) is 115 cm³/mol. The molecule has 0 radical (unpaired) electrons. The first-order chi connectivity index (χ1) is 14.6. The Hall–Kier alpha value is -3.42. The lowest BCUT2D eigenvalue weighted by Crippen LogP contribution is -2.29. The molecule has 8 nitrogen and oxygen atoms in total. The number of amides is 1.